The van der Waals surface area contributed by atoms with E-state index in [9.17, 15) is 22.4 Å². The molecular formula is C20H16F4N2O. The van der Waals surface area contributed by atoms with E-state index >= 15 is 0 Å². The van der Waals surface area contributed by atoms with Gasteiger partial charge in [0.25, 0.3) is 0 Å². The molecule has 2 N–H and O–H groups in total. The number of nitrogens with one attached hydrogen (secondary N) is 2. The lowest BCUT2D eigenvalue weighted by Gasteiger charge is -2.22. The number of rotatable bonds is 2. The van der Waals surface area contributed by atoms with Gasteiger partial charge in [0.15, 0.2) is 0 Å². The van der Waals surface area contributed by atoms with Crippen LogP contribution in [-0.4, -0.2) is 10.9 Å². The maximum Gasteiger partial charge on any atom is 0.416 e. The van der Waals surface area contributed by atoms with Crippen molar-refractivity contribution in [2.75, 3.05) is 5.32 Å². The van der Waals surface area contributed by atoms with Gasteiger partial charge >= 0.3 is 6.18 Å². The normalized spacial score (nSPS) is 17.0. The Balaban J connectivity index is 1.55. The molecule has 27 heavy (non-hydrogen) atoms. The van der Waals surface area contributed by atoms with Crippen LogP contribution in [0.5, 0.6) is 0 Å². The van der Waals surface area contributed by atoms with Gasteiger partial charge in [0.1, 0.15) is 5.82 Å². The molecular weight excluding hydrogens is 360 g/mol. The van der Waals surface area contributed by atoms with Crippen molar-refractivity contribution in [1.82, 2.24) is 4.98 Å². The molecule has 0 bridgehead atoms. The first kappa shape index (κ1) is 17.6. The van der Waals surface area contributed by atoms with E-state index < -0.39 is 11.7 Å². The Morgan fingerprint density at radius 3 is 2.74 bits per heavy atom. The molecule has 1 aliphatic carbocycles. The average Bonchev–Trinajstić information content (AvgIpc) is 2.98. The number of halogens is 4. The zero-order valence-corrected chi connectivity index (χ0v) is 14.2. The number of hydrogen-bond donors (Lipinski definition) is 2. The van der Waals surface area contributed by atoms with E-state index in [1.54, 1.807) is 6.07 Å². The Morgan fingerprint density at radius 1 is 1.15 bits per heavy atom. The molecule has 3 aromatic rings. The van der Waals surface area contributed by atoms with Crippen LogP contribution in [0.2, 0.25) is 0 Å². The predicted molar refractivity (Wildman–Crippen MR) is 93.8 cm³/mol. The topological polar surface area (TPSA) is 44.9 Å². The maximum absolute atomic E-state index is 13.6. The molecule has 0 saturated carbocycles. The third kappa shape index (κ3) is 3.41. The average molecular weight is 376 g/mol. The number of H-pyrrole nitrogens is 1. The fraction of sp³-hybridized carbons (Fsp3) is 0.250. The van der Waals surface area contributed by atoms with Gasteiger partial charge in [-0.1, -0.05) is 6.07 Å². The third-order valence-corrected chi connectivity index (χ3v) is 4.98. The summed E-state index contributed by atoms with van der Waals surface area (Å²) in [6.07, 6.45) is -2.84. The third-order valence-electron chi connectivity index (χ3n) is 4.98. The number of benzene rings is 2. The van der Waals surface area contributed by atoms with Crippen molar-refractivity contribution < 1.29 is 22.4 Å². The molecule has 1 amide bonds. The van der Waals surface area contributed by atoms with Crippen LogP contribution in [-0.2, 0) is 23.8 Å². The number of aryl methyl sites for hydroxylation is 1. The zero-order chi connectivity index (χ0) is 19.2. The monoisotopic (exact) mass is 376 g/mol. The first-order valence-electron chi connectivity index (χ1n) is 8.58. The highest BCUT2D eigenvalue weighted by molar-refractivity contribution is 5.94. The highest BCUT2D eigenvalue weighted by Gasteiger charge is 2.31. The van der Waals surface area contributed by atoms with Gasteiger partial charge in [-0.25, -0.2) is 4.39 Å². The summed E-state index contributed by atoms with van der Waals surface area (Å²) in [5.41, 5.74) is 2.02. The van der Waals surface area contributed by atoms with E-state index in [1.165, 1.54) is 24.3 Å². The molecule has 2 aromatic carbocycles. The van der Waals surface area contributed by atoms with Crippen LogP contribution in [0.3, 0.4) is 0 Å². The number of aromatic amines is 1. The van der Waals surface area contributed by atoms with Gasteiger partial charge in [-0.15, -0.1) is 0 Å². The number of alkyl halides is 3. The van der Waals surface area contributed by atoms with Crippen LogP contribution >= 0.6 is 0 Å². The summed E-state index contributed by atoms with van der Waals surface area (Å²) < 4.78 is 52.0. The summed E-state index contributed by atoms with van der Waals surface area (Å²) in [4.78, 5) is 15.8. The van der Waals surface area contributed by atoms with Crippen LogP contribution in [0.25, 0.3) is 10.9 Å². The molecule has 4 rings (SSSR count). The molecule has 0 radical (unpaired) electrons. The Labute approximate surface area is 152 Å². The summed E-state index contributed by atoms with van der Waals surface area (Å²) in [7, 11) is 0. The molecule has 0 fully saturated rings. The fourth-order valence-corrected chi connectivity index (χ4v) is 3.63. The lowest BCUT2D eigenvalue weighted by Crippen LogP contribution is -2.28. The summed E-state index contributed by atoms with van der Waals surface area (Å²) in [5, 5.41) is 3.33. The molecule has 1 aliphatic rings. The van der Waals surface area contributed by atoms with Crippen LogP contribution in [0, 0.1) is 11.7 Å². The second kappa shape index (κ2) is 6.40. The van der Waals surface area contributed by atoms with Crippen molar-refractivity contribution in [3.8, 4) is 0 Å². The zero-order valence-electron chi connectivity index (χ0n) is 14.2. The van der Waals surface area contributed by atoms with Crippen molar-refractivity contribution in [3.05, 3.63) is 65.1 Å². The Morgan fingerprint density at radius 2 is 1.96 bits per heavy atom. The highest BCUT2D eigenvalue weighted by Crippen LogP contribution is 2.34. The molecule has 7 heteroatoms. The Kier molecular flexibility index (Phi) is 4.17. The minimum Gasteiger partial charge on any atom is -0.358 e. The van der Waals surface area contributed by atoms with Gasteiger partial charge in [0.2, 0.25) is 5.91 Å². The SMILES string of the molecule is O=C(Nc1cccc(C(F)(F)F)c1)C1CCc2[nH]c3ccc(F)cc3c2C1. The van der Waals surface area contributed by atoms with Crippen molar-refractivity contribution in [1.29, 1.82) is 0 Å². The van der Waals surface area contributed by atoms with Gasteiger partial charge < -0.3 is 10.3 Å². The quantitative estimate of drug-likeness (QED) is 0.603. The van der Waals surface area contributed by atoms with Crippen LogP contribution in [0.15, 0.2) is 42.5 Å². The predicted octanol–water partition coefficient (Wildman–Crippen LogP) is 5.07. The Bertz CT molecular complexity index is 1020. The molecule has 140 valence electrons. The van der Waals surface area contributed by atoms with Gasteiger partial charge in [0, 0.05) is 28.2 Å². The highest BCUT2D eigenvalue weighted by atomic mass is 19.4. The molecule has 1 atom stereocenters. The minimum absolute atomic E-state index is 0.116. The Hall–Kier alpha value is -2.83. The minimum atomic E-state index is -4.46. The number of aromatic nitrogens is 1. The van der Waals surface area contributed by atoms with E-state index in [1.807, 2.05) is 0 Å². The van der Waals surface area contributed by atoms with Crippen LogP contribution in [0.4, 0.5) is 23.2 Å². The second-order valence-electron chi connectivity index (χ2n) is 6.78. The first-order valence-corrected chi connectivity index (χ1v) is 8.58. The number of anilines is 1. The summed E-state index contributed by atoms with van der Waals surface area (Å²) >= 11 is 0. The number of carbonyl (C=O) groups is 1. The molecule has 1 unspecified atom stereocenters. The smallest absolute Gasteiger partial charge is 0.358 e. The maximum atomic E-state index is 13.6. The summed E-state index contributed by atoms with van der Waals surface area (Å²) in [5.74, 6) is -1.06. The molecule has 0 spiro atoms. The number of hydrogen-bond acceptors (Lipinski definition) is 1. The van der Waals surface area contributed by atoms with E-state index in [0.29, 0.717) is 19.3 Å². The van der Waals surface area contributed by atoms with Gasteiger partial charge in [-0.3, -0.25) is 4.79 Å². The lowest BCUT2D eigenvalue weighted by atomic mass is 9.85. The van der Waals surface area contributed by atoms with E-state index in [2.05, 4.69) is 10.3 Å². The molecule has 1 heterocycles. The first-order chi connectivity index (χ1) is 12.8. The molecule has 1 aromatic heterocycles. The standard InChI is InChI=1S/C20H16F4N2O/c21-13-5-7-18-16(10-13)15-8-11(4-6-17(15)26-18)19(27)25-14-3-1-2-12(9-14)20(22,23)24/h1-3,5,7,9-11,26H,4,6,8H2,(H,25,27). The van der Waals surface area contributed by atoms with Crippen LogP contribution < -0.4 is 5.32 Å². The molecule has 0 saturated heterocycles. The summed E-state index contributed by atoms with van der Waals surface area (Å²) in [6.45, 7) is 0. The van der Waals surface area contributed by atoms with Crippen molar-refractivity contribution in [2.45, 2.75) is 25.4 Å². The van der Waals surface area contributed by atoms with Gasteiger partial charge in [0.05, 0.1) is 5.56 Å². The van der Waals surface area contributed by atoms with Gasteiger partial charge in [-0.2, -0.15) is 13.2 Å². The lowest BCUT2D eigenvalue weighted by molar-refractivity contribution is -0.137. The van der Waals surface area contributed by atoms with Crippen molar-refractivity contribution >= 4 is 22.5 Å². The fourth-order valence-electron chi connectivity index (χ4n) is 3.63. The number of fused-ring (bicyclic) bond motifs is 3. The van der Waals surface area contributed by atoms with E-state index in [-0.39, 0.29) is 23.3 Å². The number of amides is 1. The van der Waals surface area contributed by atoms with Crippen LogP contribution in [0.1, 0.15) is 23.2 Å². The van der Waals surface area contributed by atoms with Crippen molar-refractivity contribution in [3.63, 3.8) is 0 Å². The summed E-state index contributed by atoms with van der Waals surface area (Å²) in [6, 6.07) is 9.07. The molecule has 0 aliphatic heterocycles. The van der Waals surface area contributed by atoms with E-state index in [4.69, 9.17) is 0 Å². The second-order valence-corrected chi connectivity index (χ2v) is 6.78. The number of carbonyl (C=O) groups excluding carboxylic acids is 1. The molecule has 3 nitrogen and oxygen atoms in total. The van der Waals surface area contributed by atoms with Gasteiger partial charge in [-0.05, 0) is 61.2 Å². The largest absolute Gasteiger partial charge is 0.416 e. The van der Waals surface area contributed by atoms with Crippen molar-refractivity contribution in [2.24, 2.45) is 5.92 Å². The van der Waals surface area contributed by atoms with E-state index in [0.717, 1.165) is 34.3 Å².